The molecule has 0 spiro atoms. The fraction of sp³-hybridized carbons (Fsp3) is 0.188. The molecule has 25 heavy (non-hydrogen) atoms. The lowest BCUT2D eigenvalue weighted by Crippen LogP contribution is -2.21. The largest absolute Gasteiger partial charge is 0.366 e. The van der Waals surface area contributed by atoms with Crippen LogP contribution in [-0.4, -0.2) is 27.2 Å². The summed E-state index contributed by atoms with van der Waals surface area (Å²) in [7, 11) is 0. The average Bonchev–Trinajstić information content (AvgIpc) is 3.23. The van der Waals surface area contributed by atoms with Gasteiger partial charge in [-0.1, -0.05) is 17.7 Å². The number of nitrogens with one attached hydrogen (secondary N) is 1. The summed E-state index contributed by atoms with van der Waals surface area (Å²) in [6, 6.07) is 5.27. The highest BCUT2D eigenvalue weighted by Crippen LogP contribution is 2.42. The zero-order valence-electron chi connectivity index (χ0n) is 12.7. The van der Waals surface area contributed by atoms with Crippen molar-refractivity contribution in [2.45, 2.75) is 13.0 Å². The fourth-order valence-electron chi connectivity index (χ4n) is 3.08. The number of tetrazole rings is 1. The second-order valence-electron chi connectivity index (χ2n) is 5.71. The van der Waals surface area contributed by atoms with E-state index in [0.717, 1.165) is 17.7 Å². The highest BCUT2D eigenvalue weighted by Gasteiger charge is 2.29. The molecule has 128 valence electrons. The van der Waals surface area contributed by atoms with Crippen molar-refractivity contribution in [1.82, 2.24) is 20.6 Å². The van der Waals surface area contributed by atoms with Crippen molar-refractivity contribution < 1.29 is 13.2 Å². The lowest BCUT2D eigenvalue weighted by molar-refractivity contribution is 0.507. The third-order valence-electron chi connectivity index (χ3n) is 4.16. The molecule has 2 aromatic carbocycles. The number of H-pyrrole nitrogens is 1. The van der Waals surface area contributed by atoms with Gasteiger partial charge in [0.05, 0.1) is 16.3 Å². The number of hydrogen-bond donors (Lipinski definition) is 1. The lowest BCUT2D eigenvalue weighted by atomic mass is 10.1. The number of hydrogen-bond acceptors (Lipinski definition) is 4. The molecular formula is C16H11ClF3N5. The van der Waals surface area contributed by atoms with Gasteiger partial charge in [-0.15, -0.1) is 10.2 Å². The van der Waals surface area contributed by atoms with E-state index < -0.39 is 17.5 Å². The van der Waals surface area contributed by atoms with Crippen LogP contribution in [0, 0.1) is 17.5 Å². The fourth-order valence-corrected chi connectivity index (χ4v) is 3.30. The Morgan fingerprint density at radius 2 is 2.00 bits per heavy atom. The molecule has 3 aromatic rings. The van der Waals surface area contributed by atoms with E-state index in [1.165, 1.54) is 6.07 Å². The molecule has 2 heterocycles. The minimum atomic E-state index is -0.919. The number of rotatable bonds is 3. The highest BCUT2D eigenvalue weighted by molar-refractivity contribution is 6.31. The van der Waals surface area contributed by atoms with Gasteiger partial charge in [-0.25, -0.2) is 13.2 Å². The van der Waals surface area contributed by atoms with Gasteiger partial charge in [-0.05, 0) is 41.0 Å². The van der Waals surface area contributed by atoms with Crippen LogP contribution in [0.4, 0.5) is 18.9 Å². The molecule has 4 rings (SSSR count). The Morgan fingerprint density at radius 1 is 1.16 bits per heavy atom. The first-order valence-electron chi connectivity index (χ1n) is 7.48. The van der Waals surface area contributed by atoms with Gasteiger partial charge < -0.3 is 4.90 Å². The molecule has 0 bridgehead atoms. The molecule has 1 aliphatic rings. The van der Waals surface area contributed by atoms with Gasteiger partial charge in [0, 0.05) is 13.1 Å². The third kappa shape index (κ3) is 2.72. The molecular weight excluding hydrogens is 355 g/mol. The topological polar surface area (TPSA) is 57.7 Å². The van der Waals surface area contributed by atoms with Crippen molar-refractivity contribution >= 4 is 17.3 Å². The van der Waals surface area contributed by atoms with Crippen molar-refractivity contribution in [3.8, 4) is 11.4 Å². The molecule has 1 aliphatic heterocycles. The van der Waals surface area contributed by atoms with Crippen molar-refractivity contribution in [2.75, 3.05) is 11.4 Å². The maximum atomic E-state index is 14.7. The zero-order valence-corrected chi connectivity index (χ0v) is 13.5. The summed E-state index contributed by atoms with van der Waals surface area (Å²) in [6.45, 7) is 0.870. The smallest absolute Gasteiger partial charge is 0.209 e. The van der Waals surface area contributed by atoms with Crippen LogP contribution in [-0.2, 0) is 13.0 Å². The van der Waals surface area contributed by atoms with E-state index in [1.807, 2.05) is 4.90 Å². The van der Waals surface area contributed by atoms with Crippen molar-refractivity contribution in [3.05, 3.63) is 57.9 Å². The van der Waals surface area contributed by atoms with Crippen molar-refractivity contribution in [1.29, 1.82) is 0 Å². The lowest BCUT2D eigenvalue weighted by Gasteiger charge is -2.22. The normalized spacial score (nSPS) is 13.4. The molecule has 0 saturated carbocycles. The third-order valence-corrected chi connectivity index (χ3v) is 4.44. The summed E-state index contributed by atoms with van der Waals surface area (Å²) in [4.78, 5) is 1.87. The van der Waals surface area contributed by atoms with Gasteiger partial charge in [0.25, 0.3) is 0 Å². The van der Waals surface area contributed by atoms with E-state index in [2.05, 4.69) is 20.6 Å². The van der Waals surface area contributed by atoms with Crippen LogP contribution in [0.25, 0.3) is 11.4 Å². The number of nitrogens with zero attached hydrogens (tertiary/aromatic N) is 4. The standard InChI is InChI=1S/C16H11ClF3N5/c17-10-6-9-3-4-25(7-8-1-2-11(18)12(19)5-8)15(9)13(14(10)20)16-21-23-24-22-16/h1-2,5-6H,3-4,7H2,(H,21,22,23,24). The summed E-state index contributed by atoms with van der Waals surface area (Å²) >= 11 is 5.99. The highest BCUT2D eigenvalue weighted by atomic mass is 35.5. The first-order valence-corrected chi connectivity index (χ1v) is 7.86. The maximum absolute atomic E-state index is 14.7. The van der Waals surface area contributed by atoms with E-state index in [-0.39, 0.29) is 23.0 Å². The summed E-state index contributed by atoms with van der Waals surface area (Å²) in [5.74, 6) is -2.37. The van der Waals surface area contributed by atoms with Crippen LogP contribution in [0.5, 0.6) is 0 Å². The average molecular weight is 366 g/mol. The van der Waals surface area contributed by atoms with Crippen LogP contribution in [0.15, 0.2) is 24.3 Å². The molecule has 0 unspecified atom stereocenters. The number of benzene rings is 2. The van der Waals surface area contributed by atoms with Gasteiger partial charge in [0.1, 0.15) is 0 Å². The quantitative estimate of drug-likeness (QED) is 0.771. The first-order chi connectivity index (χ1) is 12.0. The number of aromatic amines is 1. The van der Waals surface area contributed by atoms with Crippen LogP contribution >= 0.6 is 11.6 Å². The number of fused-ring (bicyclic) bond motifs is 1. The molecule has 0 saturated heterocycles. The van der Waals surface area contributed by atoms with E-state index in [1.54, 1.807) is 6.07 Å². The molecule has 1 aromatic heterocycles. The number of aromatic nitrogens is 4. The second-order valence-corrected chi connectivity index (χ2v) is 6.12. The van der Waals surface area contributed by atoms with Crippen LogP contribution in [0.2, 0.25) is 5.02 Å². The predicted octanol–water partition coefficient (Wildman–Crippen LogP) is 3.50. The molecule has 0 atom stereocenters. The summed E-state index contributed by atoms with van der Waals surface area (Å²) in [6.07, 6.45) is 0.643. The van der Waals surface area contributed by atoms with Gasteiger partial charge in [0.2, 0.25) is 5.82 Å². The first kappa shape index (κ1) is 15.9. The Balaban J connectivity index is 1.79. The van der Waals surface area contributed by atoms with Crippen LogP contribution in [0.3, 0.4) is 0 Å². The number of halogens is 4. The van der Waals surface area contributed by atoms with E-state index in [9.17, 15) is 13.2 Å². The van der Waals surface area contributed by atoms with E-state index in [4.69, 9.17) is 11.6 Å². The Hall–Kier alpha value is -2.61. The summed E-state index contributed by atoms with van der Waals surface area (Å²) in [5.41, 5.74) is 2.15. The summed E-state index contributed by atoms with van der Waals surface area (Å²) < 4.78 is 41.2. The molecule has 5 nitrogen and oxygen atoms in total. The second kappa shape index (κ2) is 6.03. The Bertz CT molecular complexity index is 945. The predicted molar refractivity (Wildman–Crippen MR) is 85.7 cm³/mol. The van der Waals surface area contributed by atoms with E-state index >= 15 is 0 Å². The van der Waals surface area contributed by atoms with Gasteiger partial charge in [-0.2, -0.15) is 5.21 Å². The maximum Gasteiger partial charge on any atom is 0.209 e. The molecule has 0 radical (unpaired) electrons. The summed E-state index contributed by atoms with van der Waals surface area (Å²) in [5, 5.41) is 13.4. The molecule has 1 N–H and O–H groups in total. The number of anilines is 1. The minimum absolute atomic E-state index is 0.0202. The van der Waals surface area contributed by atoms with Crippen molar-refractivity contribution in [2.24, 2.45) is 0 Å². The van der Waals surface area contributed by atoms with Gasteiger partial charge >= 0.3 is 0 Å². The van der Waals surface area contributed by atoms with Gasteiger partial charge in [0.15, 0.2) is 17.5 Å². The molecule has 0 aliphatic carbocycles. The minimum Gasteiger partial charge on any atom is -0.366 e. The monoisotopic (exact) mass is 365 g/mol. The van der Waals surface area contributed by atoms with E-state index in [0.29, 0.717) is 24.2 Å². The Kier molecular flexibility index (Phi) is 3.84. The van der Waals surface area contributed by atoms with Crippen LogP contribution in [0.1, 0.15) is 11.1 Å². The molecule has 9 heteroatoms. The molecule has 0 fully saturated rings. The molecule has 0 amide bonds. The Morgan fingerprint density at radius 3 is 2.72 bits per heavy atom. The van der Waals surface area contributed by atoms with Crippen LogP contribution < -0.4 is 4.90 Å². The van der Waals surface area contributed by atoms with Gasteiger partial charge in [-0.3, -0.25) is 0 Å². The zero-order chi connectivity index (χ0) is 17.6. The van der Waals surface area contributed by atoms with Crippen molar-refractivity contribution in [3.63, 3.8) is 0 Å². The Labute approximate surface area is 145 Å². The SMILES string of the molecule is Fc1ccc(CN2CCc3cc(Cl)c(F)c(-c4nn[nH]n4)c32)cc1F.